The highest BCUT2D eigenvalue weighted by Crippen LogP contribution is 2.35. The van der Waals surface area contributed by atoms with Crippen LogP contribution in [0.2, 0.25) is 0 Å². The van der Waals surface area contributed by atoms with Crippen molar-refractivity contribution in [2.45, 2.75) is 43.9 Å². The van der Waals surface area contributed by atoms with Gasteiger partial charge in [0.1, 0.15) is 5.82 Å². The molecular formula is C15H22FNS. The lowest BCUT2D eigenvalue weighted by molar-refractivity contribution is 0.459. The summed E-state index contributed by atoms with van der Waals surface area (Å²) in [6.45, 7) is 3.11. The summed E-state index contributed by atoms with van der Waals surface area (Å²) in [7, 11) is 0. The predicted molar refractivity (Wildman–Crippen MR) is 77.5 cm³/mol. The van der Waals surface area contributed by atoms with Gasteiger partial charge in [-0.05, 0) is 37.6 Å². The highest BCUT2D eigenvalue weighted by Gasteiger charge is 2.26. The molecule has 1 fully saturated rings. The van der Waals surface area contributed by atoms with E-state index in [1.165, 1.54) is 25.0 Å². The number of thioether (sulfide) groups is 1. The second-order valence-corrected chi connectivity index (χ2v) is 6.21. The molecule has 1 aliphatic rings. The Bertz CT molecular complexity index is 363. The second kappa shape index (κ2) is 7.15. The van der Waals surface area contributed by atoms with Crippen molar-refractivity contribution in [1.29, 1.82) is 0 Å². The number of hydrogen-bond donors (Lipinski definition) is 1. The van der Waals surface area contributed by atoms with Crippen molar-refractivity contribution >= 4 is 11.8 Å². The van der Waals surface area contributed by atoms with Crippen LogP contribution in [0.1, 0.15) is 44.2 Å². The Morgan fingerprint density at radius 2 is 2.22 bits per heavy atom. The Hall–Kier alpha value is -0.540. The lowest BCUT2D eigenvalue weighted by Gasteiger charge is -2.31. The Labute approximate surface area is 114 Å². The molecular weight excluding hydrogens is 245 g/mol. The van der Waals surface area contributed by atoms with Crippen molar-refractivity contribution in [3.05, 3.63) is 35.6 Å². The highest BCUT2D eigenvalue weighted by molar-refractivity contribution is 8.00. The standard InChI is InChI=1S/C15H22FNS/c1-2-10-17-15(14-9-5-6-11-18-14)12-7-3-4-8-13(12)16/h3-4,7-8,14-15,17H,2,5-6,9-11H2,1H3. The lowest BCUT2D eigenvalue weighted by Crippen LogP contribution is -2.33. The lowest BCUT2D eigenvalue weighted by atomic mass is 9.98. The molecule has 2 atom stereocenters. The molecule has 1 aromatic rings. The van der Waals surface area contributed by atoms with E-state index in [0.29, 0.717) is 5.25 Å². The molecule has 1 heterocycles. The van der Waals surface area contributed by atoms with E-state index in [4.69, 9.17) is 0 Å². The van der Waals surface area contributed by atoms with Gasteiger partial charge in [-0.1, -0.05) is 31.5 Å². The molecule has 0 spiro atoms. The van der Waals surface area contributed by atoms with Crippen LogP contribution in [0.25, 0.3) is 0 Å². The predicted octanol–water partition coefficient (Wildman–Crippen LogP) is 4.15. The molecule has 2 rings (SSSR count). The van der Waals surface area contributed by atoms with E-state index < -0.39 is 0 Å². The summed E-state index contributed by atoms with van der Waals surface area (Å²) in [5.74, 6) is 1.14. The van der Waals surface area contributed by atoms with E-state index in [1.54, 1.807) is 12.1 Å². The van der Waals surface area contributed by atoms with Gasteiger partial charge < -0.3 is 5.32 Å². The first-order valence-electron chi connectivity index (χ1n) is 6.92. The summed E-state index contributed by atoms with van der Waals surface area (Å²) in [6, 6.07) is 7.37. The van der Waals surface area contributed by atoms with Gasteiger partial charge in [-0.15, -0.1) is 0 Å². The topological polar surface area (TPSA) is 12.0 Å². The zero-order valence-corrected chi connectivity index (χ0v) is 11.8. The Kier molecular flexibility index (Phi) is 5.51. The molecule has 1 N–H and O–H groups in total. The molecule has 0 aliphatic carbocycles. The van der Waals surface area contributed by atoms with Crippen molar-refractivity contribution < 1.29 is 4.39 Å². The van der Waals surface area contributed by atoms with Crippen LogP contribution in [0.4, 0.5) is 4.39 Å². The molecule has 1 aliphatic heterocycles. The number of nitrogens with one attached hydrogen (secondary N) is 1. The third-order valence-electron chi connectivity index (χ3n) is 3.44. The van der Waals surface area contributed by atoms with Gasteiger partial charge in [-0.2, -0.15) is 11.8 Å². The third kappa shape index (κ3) is 3.48. The van der Waals surface area contributed by atoms with Crippen molar-refractivity contribution in [2.75, 3.05) is 12.3 Å². The molecule has 100 valence electrons. The summed E-state index contributed by atoms with van der Waals surface area (Å²) < 4.78 is 14.0. The van der Waals surface area contributed by atoms with Gasteiger partial charge in [-0.25, -0.2) is 4.39 Å². The van der Waals surface area contributed by atoms with E-state index in [9.17, 15) is 4.39 Å². The van der Waals surface area contributed by atoms with Gasteiger partial charge in [0.15, 0.2) is 0 Å². The van der Waals surface area contributed by atoms with Crippen LogP contribution in [0.3, 0.4) is 0 Å². The summed E-state index contributed by atoms with van der Waals surface area (Å²) in [4.78, 5) is 0. The summed E-state index contributed by atoms with van der Waals surface area (Å²) in [5.41, 5.74) is 0.838. The van der Waals surface area contributed by atoms with Crippen LogP contribution >= 0.6 is 11.8 Å². The minimum absolute atomic E-state index is 0.0720. The van der Waals surface area contributed by atoms with Gasteiger partial charge in [0.05, 0.1) is 0 Å². The van der Waals surface area contributed by atoms with E-state index in [-0.39, 0.29) is 11.9 Å². The van der Waals surface area contributed by atoms with E-state index in [0.717, 1.165) is 18.5 Å². The van der Waals surface area contributed by atoms with Gasteiger partial charge in [0, 0.05) is 16.9 Å². The van der Waals surface area contributed by atoms with Crippen LogP contribution in [-0.4, -0.2) is 17.5 Å². The monoisotopic (exact) mass is 267 g/mol. The van der Waals surface area contributed by atoms with Crippen molar-refractivity contribution in [2.24, 2.45) is 0 Å². The number of benzene rings is 1. The average molecular weight is 267 g/mol. The summed E-state index contributed by atoms with van der Waals surface area (Å²) >= 11 is 2.00. The average Bonchev–Trinajstić information content (AvgIpc) is 2.42. The van der Waals surface area contributed by atoms with Gasteiger partial charge in [-0.3, -0.25) is 0 Å². The van der Waals surface area contributed by atoms with Crippen LogP contribution in [0.15, 0.2) is 24.3 Å². The second-order valence-electron chi connectivity index (χ2n) is 4.86. The first-order valence-corrected chi connectivity index (χ1v) is 7.97. The van der Waals surface area contributed by atoms with Crippen LogP contribution in [-0.2, 0) is 0 Å². The normalized spacial score (nSPS) is 21.8. The Balaban J connectivity index is 2.15. The quantitative estimate of drug-likeness (QED) is 0.860. The molecule has 1 nitrogen and oxygen atoms in total. The molecule has 3 heteroatoms. The van der Waals surface area contributed by atoms with Crippen molar-refractivity contribution in [3.63, 3.8) is 0 Å². The number of rotatable bonds is 5. The van der Waals surface area contributed by atoms with E-state index >= 15 is 0 Å². The van der Waals surface area contributed by atoms with Crippen LogP contribution < -0.4 is 5.32 Å². The van der Waals surface area contributed by atoms with Gasteiger partial charge in [0.2, 0.25) is 0 Å². The number of halogens is 1. The molecule has 18 heavy (non-hydrogen) atoms. The first-order chi connectivity index (χ1) is 8.83. The molecule has 1 aromatic carbocycles. The molecule has 2 unspecified atom stereocenters. The maximum Gasteiger partial charge on any atom is 0.128 e. The maximum atomic E-state index is 14.0. The zero-order valence-electron chi connectivity index (χ0n) is 11.0. The Morgan fingerprint density at radius 3 is 2.89 bits per heavy atom. The highest BCUT2D eigenvalue weighted by atomic mass is 32.2. The number of hydrogen-bond acceptors (Lipinski definition) is 2. The van der Waals surface area contributed by atoms with Crippen molar-refractivity contribution in [3.8, 4) is 0 Å². The molecule has 0 bridgehead atoms. The molecule has 0 aromatic heterocycles. The van der Waals surface area contributed by atoms with Crippen molar-refractivity contribution in [1.82, 2.24) is 5.32 Å². The van der Waals surface area contributed by atoms with Gasteiger partial charge >= 0.3 is 0 Å². The smallest absolute Gasteiger partial charge is 0.128 e. The molecule has 0 saturated carbocycles. The molecule has 0 radical (unpaired) electrons. The van der Waals surface area contributed by atoms with Crippen LogP contribution in [0, 0.1) is 5.82 Å². The largest absolute Gasteiger partial charge is 0.309 e. The zero-order chi connectivity index (χ0) is 12.8. The molecule has 1 saturated heterocycles. The Morgan fingerprint density at radius 1 is 1.39 bits per heavy atom. The van der Waals surface area contributed by atoms with E-state index in [1.807, 2.05) is 23.9 Å². The van der Waals surface area contributed by atoms with Gasteiger partial charge in [0.25, 0.3) is 0 Å². The van der Waals surface area contributed by atoms with E-state index in [2.05, 4.69) is 12.2 Å². The fraction of sp³-hybridized carbons (Fsp3) is 0.600. The fourth-order valence-electron chi connectivity index (χ4n) is 2.50. The minimum atomic E-state index is -0.0720. The minimum Gasteiger partial charge on any atom is -0.309 e. The fourth-order valence-corrected chi connectivity index (χ4v) is 3.94. The first kappa shape index (κ1) is 13.9. The van der Waals surface area contributed by atoms with Crippen LogP contribution in [0.5, 0.6) is 0 Å². The summed E-state index contributed by atoms with van der Waals surface area (Å²) in [6.07, 6.45) is 4.86. The molecule has 0 amide bonds. The maximum absolute atomic E-state index is 14.0. The summed E-state index contributed by atoms with van der Waals surface area (Å²) in [5, 5.41) is 4.05. The third-order valence-corrected chi connectivity index (χ3v) is 4.90. The SMILES string of the molecule is CCCNC(c1ccccc1F)C1CCCCS1.